The molecule has 2 aromatic rings. The average molecular weight is 328 g/mol. The van der Waals surface area contributed by atoms with E-state index in [1.165, 1.54) is 24.1 Å². The molecule has 2 aromatic heterocycles. The highest BCUT2D eigenvalue weighted by atomic mass is 16.5. The van der Waals surface area contributed by atoms with Crippen molar-refractivity contribution in [1.29, 1.82) is 0 Å². The fourth-order valence-electron chi connectivity index (χ4n) is 3.15. The Balaban J connectivity index is 1.70. The van der Waals surface area contributed by atoms with E-state index in [0.29, 0.717) is 24.2 Å². The van der Waals surface area contributed by atoms with Crippen LogP contribution in [0, 0.1) is 0 Å². The minimum atomic E-state index is -0.244. The summed E-state index contributed by atoms with van der Waals surface area (Å²) < 4.78 is 5.40. The number of aliphatic hydroxyl groups is 1. The van der Waals surface area contributed by atoms with Crippen LogP contribution in [-0.2, 0) is 5.41 Å². The van der Waals surface area contributed by atoms with Gasteiger partial charge in [0.2, 0.25) is 11.7 Å². The molecule has 0 aromatic carbocycles. The molecule has 2 aliphatic rings. The van der Waals surface area contributed by atoms with E-state index in [9.17, 15) is 5.11 Å². The standard InChI is InChI=1S/C18H24N4O2/c1-18(2,3)17-20-16(21-24-17)14-8-15(22-7-6-12(23)10-22)13(9-19-14)11-4-5-11/h8-9,11-12,23H,4-7,10H2,1-3H3. The molecule has 1 N–H and O–H groups in total. The van der Waals surface area contributed by atoms with E-state index in [4.69, 9.17) is 4.52 Å². The summed E-state index contributed by atoms with van der Waals surface area (Å²) in [5.41, 5.74) is 3.00. The van der Waals surface area contributed by atoms with E-state index < -0.39 is 0 Å². The van der Waals surface area contributed by atoms with Crippen molar-refractivity contribution in [2.75, 3.05) is 18.0 Å². The molecular weight excluding hydrogens is 304 g/mol. The number of hydrogen-bond donors (Lipinski definition) is 1. The number of rotatable bonds is 3. The van der Waals surface area contributed by atoms with E-state index in [-0.39, 0.29) is 11.5 Å². The lowest BCUT2D eigenvalue weighted by Gasteiger charge is -2.21. The van der Waals surface area contributed by atoms with Gasteiger partial charge in [-0.3, -0.25) is 4.98 Å². The largest absolute Gasteiger partial charge is 0.391 e. The summed E-state index contributed by atoms with van der Waals surface area (Å²) in [5, 5.41) is 14.0. The molecule has 24 heavy (non-hydrogen) atoms. The maximum atomic E-state index is 9.89. The molecule has 1 atom stereocenters. The van der Waals surface area contributed by atoms with Crippen LogP contribution in [0.3, 0.4) is 0 Å². The molecule has 1 aliphatic carbocycles. The van der Waals surface area contributed by atoms with Gasteiger partial charge >= 0.3 is 0 Å². The molecule has 0 amide bonds. The topological polar surface area (TPSA) is 75.3 Å². The Hall–Kier alpha value is -1.95. The number of aliphatic hydroxyl groups excluding tert-OH is 1. The molecule has 6 nitrogen and oxygen atoms in total. The summed E-state index contributed by atoms with van der Waals surface area (Å²) in [5.74, 6) is 1.75. The molecule has 128 valence electrons. The van der Waals surface area contributed by atoms with Crippen LogP contribution in [-0.4, -0.2) is 39.4 Å². The van der Waals surface area contributed by atoms with Gasteiger partial charge in [0.05, 0.1) is 6.10 Å². The number of hydrogen-bond acceptors (Lipinski definition) is 6. The first-order valence-electron chi connectivity index (χ1n) is 8.69. The molecule has 0 spiro atoms. The summed E-state index contributed by atoms with van der Waals surface area (Å²) in [6.07, 6.45) is 4.98. The van der Waals surface area contributed by atoms with Crippen LogP contribution in [0.15, 0.2) is 16.8 Å². The van der Waals surface area contributed by atoms with E-state index >= 15 is 0 Å². The number of pyridine rings is 1. The third-order valence-corrected chi connectivity index (χ3v) is 4.73. The summed E-state index contributed by atoms with van der Waals surface area (Å²) in [6.45, 7) is 7.70. The number of aromatic nitrogens is 3. The summed E-state index contributed by atoms with van der Waals surface area (Å²) >= 11 is 0. The summed E-state index contributed by atoms with van der Waals surface area (Å²) in [4.78, 5) is 11.4. The van der Waals surface area contributed by atoms with Crippen molar-refractivity contribution in [3.8, 4) is 11.5 Å². The first kappa shape index (κ1) is 15.6. The van der Waals surface area contributed by atoms with E-state index in [2.05, 4.69) is 26.1 Å². The van der Waals surface area contributed by atoms with E-state index in [1.54, 1.807) is 0 Å². The van der Waals surface area contributed by atoms with Crippen LogP contribution < -0.4 is 4.90 Å². The van der Waals surface area contributed by atoms with Crippen LogP contribution >= 0.6 is 0 Å². The molecule has 0 radical (unpaired) electrons. The molecular formula is C18H24N4O2. The molecule has 1 aliphatic heterocycles. The predicted molar refractivity (Wildman–Crippen MR) is 91.0 cm³/mol. The van der Waals surface area contributed by atoms with Gasteiger partial charge in [0.15, 0.2) is 0 Å². The van der Waals surface area contributed by atoms with Crippen LogP contribution in [0.5, 0.6) is 0 Å². The Bertz CT molecular complexity index is 746. The zero-order valence-corrected chi connectivity index (χ0v) is 14.5. The fraction of sp³-hybridized carbons (Fsp3) is 0.611. The van der Waals surface area contributed by atoms with Gasteiger partial charge in [0.1, 0.15) is 5.69 Å². The lowest BCUT2D eigenvalue weighted by molar-refractivity contribution is 0.198. The summed E-state index contributed by atoms with van der Waals surface area (Å²) in [7, 11) is 0. The SMILES string of the molecule is CC(C)(C)c1nc(-c2cc(N3CCC(O)C3)c(C3CC3)cn2)no1. The first-order chi connectivity index (χ1) is 11.4. The quantitative estimate of drug-likeness (QED) is 0.934. The molecule has 4 rings (SSSR count). The minimum Gasteiger partial charge on any atom is -0.391 e. The Morgan fingerprint density at radius 3 is 2.62 bits per heavy atom. The molecule has 1 unspecified atom stereocenters. The van der Waals surface area contributed by atoms with Crippen molar-refractivity contribution >= 4 is 5.69 Å². The fourth-order valence-corrected chi connectivity index (χ4v) is 3.15. The number of β-amino-alcohol motifs (C(OH)–C–C–N with tert-alkyl or cyclic N) is 1. The zero-order valence-electron chi connectivity index (χ0n) is 14.5. The predicted octanol–water partition coefficient (Wildman–Crippen LogP) is 2.88. The van der Waals surface area contributed by atoms with Crippen LogP contribution in [0.2, 0.25) is 0 Å². The second-order valence-corrected chi connectivity index (χ2v) is 7.96. The Morgan fingerprint density at radius 1 is 1.25 bits per heavy atom. The van der Waals surface area contributed by atoms with E-state index in [1.807, 2.05) is 27.0 Å². The molecule has 1 saturated carbocycles. The lowest BCUT2D eigenvalue weighted by atomic mass is 9.97. The Kier molecular flexibility index (Phi) is 3.60. The molecule has 0 bridgehead atoms. The van der Waals surface area contributed by atoms with Gasteiger partial charge in [-0.05, 0) is 36.8 Å². The second kappa shape index (κ2) is 5.55. The van der Waals surface area contributed by atoms with Crippen molar-refractivity contribution in [3.05, 3.63) is 23.7 Å². The maximum absolute atomic E-state index is 9.89. The number of anilines is 1. The highest BCUT2D eigenvalue weighted by Gasteiger charge is 2.31. The number of nitrogens with zero attached hydrogens (tertiary/aromatic N) is 4. The first-order valence-corrected chi connectivity index (χ1v) is 8.69. The zero-order chi connectivity index (χ0) is 16.9. The second-order valence-electron chi connectivity index (χ2n) is 7.96. The molecule has 3 heterocycles. The van der Waals surface area contributed by atoms with Gasteiger partial charge in [0.25, 0.3) is 0 Å². The van der Waals surface area contributed by atoms with Crippen molar-refractivity contribution < 1.29 is 9.63 Å². The van der Waals surface area contributed by atoms with Crippen molar-refractivity contribution in [2.24, 2.45) is 0 Å². The lowest BCUT2D eigenvalue weighted by Crippen LogP contribution is -2.22. The van der Waals surface area contributed by atoms with Gasteiger partial charge in [-0.1, -0.05) is 25.9 Å². The van der Waals surface area contributed by atoms with Crippen LogP contribution in [0.4, 0.5) is 5.69 Å². The van der Waals surface area contributed by atoms with Crippen molar-refractivity contribution in [1.82, 2.24) is 15.1 Å². The van der Waals surface area contributed by atoms with Gasteiger partial charge in [0, 0.05) is 30.4 Å². The highest BCUT2D eigenvalue weighted by molar-refractivity contribution is 5.64. The highest BCUT2D eigenvalue weighted by Crippen LogP contribution is 2.45. The third kappa shape index (κ3) is 2.90. The van der Waals surface area contributed by atoms with Crippen LogP contribution in [0.1, 0.15) is 57.4 Å². The normalized spacial score (nSPS) is 21.5. The van der Waals surface area contributed by atoms with Gasteiger partial charge in [-0.2, -0.15) is 4.98 Å². The monoisotopic (exact) mass is 328 g/mol. The van der Waals surface area contributed by atoms with E-state index in [0.717, 1.165) is 18.7 Å². The minimum absolute atomic E-state index is 0.179. The Morgan fingerprint density at radius 2 is 2.04 bits per heavy atom. The summed E-state index contributed by atoms with van der Waals surface area (Å²) in [6, 6.07) is 2.06. The van der Waals surface area contributed by atoms with Crippen molar-refractivity contribution in [3.63, 3.8) is 0 Å². The van der Waals surface area contributed by atoms with Gasteiger partial charge in [-0.25, -0.2) is 0 Å². The molecule has 6 heteroatoms. The van der Waals surface area contributed by atoms with Crippen LogP contribution in [0.25, 0.3) is 11.5 Å². The van der Waals surface area contributed by atoms with Gasteiger partial charge in [-0.15, -0.1) is 0 Å². The maximum Gasteiger partial charge on any atom is 0.232 e. The molecule has 1 saturated heterocycles. The third-order valence-electron chi connectivity index (χ3n) is 4.73. The molecule has 2 fully saturated rings. The van der Waals surface area contributed by atoms with Crippen molar-refractivity contribution in [2.45, 2.75) is 57.5 Å². The smallest absolute Gasteiger partial charge is 0.232 e. The van der Waals surface area contributed by atoms with Gasteiger partial charge < -0.3 is 14.5 Å². The Labute approximate surface area is 141 Å². The average Bonchev–Trinajstić information content (AvgIpc) is 3.07.